The van der Waals surface area contributed by atoms with Gasteiger partial charge in [-0.05, 0) is 24.3 Å². The second-order valence-electron chi connectivity index (χ2n) is 4.61. The van der Waals surface area contributed by atoms with E-state index in [1.54, 1.807) is 6.20 Å². The highest BCUT2D eigenvalue weighted by Crippen LogP contribution is 2.20. The summed E-state index contributed by atoms with van der Waals surface area (Å²) in [5, 5.41) is 6.40. The van der Waals surface area contributed by atoms with Crippen molar-refractivity contribution in [1.82, 2.24) is 10.3 Å². The molecule has 5 heteroatoms. The molecule has 5 nitrogen and oxygen atoms in total. The zero-order valence-corrected chi connectivity index (χ0v) is 11.8. The minimum atomic E-state index is -0.339. The molecule has 0 atom stereocenters. The number of hydrogen-bond donors (Lipinski definition) is 2. The maximum Gasteiger partial charge on any atom is 0.321 e. The number of nitrogens with one attached hydrogen (secondary N) is 2. The Morgan fingerprint density at radius 3 is 2.68 bits per heavy atom. The maximum absolute atomic E-state index is 11.9. The number of ether oxygens (including phenoxy) is 1. The van der Waals surface area contributed by atoms with Crippen molar-refractivity contribution < 1.29 is 9.53 Å². The Kier molecular flexibility index (Phi) is 4.15. The highest BCUT2D eigenvalue weighted by Gasteiger charge is 2.05. The van der Waals surface area contributed by atoms with E-state index in [0.717, 1.165) is 10.9 Å². The van der Waals surface area contributed by atoms with Crippen LogP contribution in [0.1, 0.15) is 0 Å². The number of carbonyl (C=O) groups excluding carboxylic acids is 1. The highest BCUT2D eigenvalue weighted by molar-refractivity contribution is 5.99. The van der Waals surface area contributed by atoms with E-state index in [9.17, 15) is 4.79 Å². The van der Waals surface area contributed by atoms with Crippen LogP contribution in [0.5, 0.6) is 5.75 Å². The van der Waals surface area contributed by atoms with Gasteiger partial charge in [-0.15, -0.1) is 0 Å². The molecule has 110 valence electrons. The van der Waals surface area contributed by atoms with Crippen molar-refractivity contribution >= 4 is 22.6 Å². The predicted octanol–water partition coefficient (Wildman–Crippen LogP) is 3.39. The molecule has 0 radical (unpaired) electrons. The van der Waals surface area contributed by atoms with Crippen LogP contribution in [0.2, 0.25) is 0 Å². The second kappa shape index (κ2) is 6.58. The Morgan fingerprint density at radius 1 is 1.00 bits per heavy atom. The van der Waals surface area contributed by atoms with Gasteiger partial charge in [0, 0.05) is 11.6 Å². The molecule has 0 fully saturated rings. The van der Waals surface area contributed by atoms with Gasteiger partial charge in [-0.2, -0.15) is 0 Å². The number of urea groups is 1. The number of anilines is 1. The van der Waals surface area contributed by atoms with E-state index in [2.05, 4.69) is 15.6 Å². The van der Waals surface area contributed by atoms with E-state index in [1.165, 1.54) is 0 Å². The van der Waals surface area contributed by atoms with Crippen molar-refractivity contribution in [2.75, 3.05) is 12.0 Å². The van der Waals surface area contributed by atoms with Gasteiger partial charge in [0.05, 0.1) is 11.2 Å². The summed E-state index contributed by atoms with van der Waals surface area (Å²) in [6.07, 6.45) is 1.70. The first-order chi connectivity index (χ1) is 10.8. The van der Waals surface area contributed by atoms with Gasteiger partial charge in [-0.1, -0.05) is 36.4 Å². The van der Waals surface area contributed by atoms with Crippen LogP contribution in [-0.2, 0) is 0 Å². The number of aromatic nitrogens is 1. The summed E-state index contributed by atoms with van der Waals surface area (Å²) in [7, 11) is 0. The predicted molar refractivity (Wildman–Crippen MR) is 85.8 cm³/mol. The molecule has 3 rings (SSSR count). The topological polar surface area (TPSA) is 63.2 Å². The lowest BCUT2D eigenvalue weighted by atomic mass is 10.2. The van der Waals surface area contributed by atoms with Gasteiger partial charge in [-0.3, -0.25) is 4.98 Å². The van der Waals surface area contributed by atoms with Gasteiger partial charge in [0.15, 0.2) is 6.73 Å². The molecular weight excluding hydrogens is 278 g/mol. The Labute approximate surface area is 127 Å². The van der Waals surface area contributed by atoms with Crippen molar-refractivity contribution in [2.45, 2.75) is 0 Å². The van der Waals surface area contributed by atoms with Crippen molar-refractivity contribution in [2.24, 2.45) is 0 Å². The number of hydrogen-bond acceptors (Lipinski definition) is 3. The lowest BCUT2D eigenvalue weighted by molar-refractivity contribution is 0.234. The minimum Gasteiger partial charge on any atom is -0.473 e. The highest BCUT2D eigenvalue weighted by atomic mass is 16.5. The van der Waals surface area contributed by atoms with Gasteiger partial charge in [0.2, 0.25) is 0 Å². The molecule has 0 aliphatic heterocycles. The van der Waals surface area contributed by atoms with Crippen molar-refractivity contribution in [1.29, 1.82) is 0 Å². The van der Waals surface area contributed by atoms with Gasteiger partial charge < -0.3 is 15.4 Å². The third kappa shape index (κ3) is 3.32. The fourth-order valence-corrected chi connectivity index (χ4v) is 2.07. The number of benzene rings is 2. The average Bonchev–Trinajstić information content (AvgIpc) is 2.56. The normalized spacial score (nSPS) is 10.2. The van der Waals surface area contributed by atoms with Gasteiger partial charge in [0.25, 0.3) is 0 Å². The Balaban J connectivity index is 1.59. The Hall–Kier alpha value is -3.08. The number of carbonyl (C=O) groups is 1. The summed E-state index contributed by atoms with van der Waals surface area (Å²) < 4.78 is 5.41. The van der Waals surface area contributed by atoms with Crippen LogP contribution >= 0.6 is 0 Å². The average molecular weight is 293 g/mol. The molecule has 2 aromatic carbocycles. The zero-order chi connectivity index (χ0) is 15.2. The molecule has 1 heterocycles. The minimum absolute atomic E-state index is 0.0913. The molecule has 1 aromatic heterocycles. The number of rotatable bonds is 4. The first-order valence-electron chi connectivity index (χ1n) is 6.89. The second-order valence-corrected chi connectivity index (χ2v) is 4.61. The number of amides is 2. The molecule has 0 saturated carbocycles. The summed E-state index contributed by atoms with van der Waals surface area (Å²) in [6.45, 7) is 0.0913. The van der Waals surface area contributed by atoms with E-state index in [0.29, 0.717) is 11.4 Å². The van der Waals surface area contributed by atoms with Crippen molar-refractivity contribution in [3.63, 3.8) is 0 Å². The first-order valence-corrected chi connectivity index (χ1v) is 6.89. The third-order valence-electron chi connectivity index (χ3n) is 3.10. The quantitative estimate of drug-likeness (QED) is 0.725. The SMILES string of the molecule is O=C(NCOc1ccccc1)Nc1cccc2cccnc12. The smallest absolute Gasteiger partial charge is 0.321 e. The van der Waals surface area contributed by atoms with Crippen LogP contribution in [-0.4, -0.2) is 17.7 Å². The molecule has 0 saturated heterocycles. The lowest BCUT2D eigenvalue weighted by Gasteiger charge is -2.10. The summed E-state index contributed by atoms with van der Waals surface area (Å²) in [5.41, 5.74) is 1.42. The zero-order valence-electron chi connectivity index (χ0n) is 11.8. The molecular formula is C17H15N3O2. The molecule has 3 aromatic rings. The monoisotopic (exact) mass is 293 g/mol. The van der Waals surface area contributed by atoms with Gasteiger partial charge in [0.1, 0.15) is 5.75 Å². The lowest BCUT2D eigenvalue weighted by Crippen LogP contribution is -2.32. The largest absolute Gasteiger partial charge is 0.473 e. The molecule has 0 unspecified atom stereocenters. The summed E-state index contributed by atoms with van der Waals surface area (Å²) in [5.74, 6) is 0.703. The van der Waals surface area contributed by atoms with Crippen LogP contribution in [0.15, 0.2) is 66.9 Å². The molecule has 0 bridgehead atoms. The number of pyridine rings is 1. The van der Waals surface area contributed by atoms with Crippen LogP contribution in [0, 0.1) is 0 Å². The van der Waals surface area contributed by atoms with Crippen LogP contribution in [0.25, 0.3) is 10.9 Å². The maximum atomic E-state index is 11.9. The fraction of sp³-hybridized carbons (Fsp3) is 0.0588. The number of fused-ring (bicyclic) bond motifs is 1. The Bertz CT molecular complexity index is 770. The van der Waals surface area contributed by atoms with Crippen LogP contribution < -0.4 is 15.4 Å². The van der Waals surface area contributed by atoms with E-state index in [-0.39, 0.29) is 12.8 Å². The molecule has 0 aliphatic carbocycles. The van der Waals surface area contributed by atoms with Crippen LogP contribution in [0.4, 0.5) is 10.5 Å². The standard InChI is InChI=1S/C17H15N3O2/c21-17(19-12-22-14-8-2-1-3-9-14)20-15-10-4-6-13-7-5-11-18-16(13)15/h1-11H,12H2,(H2,19,20,21). The van der Waals surface area contributed by atoms with Crippen molar-refractivity contribution in [3.05, 3.63) is 66.9 Å². The van der Waals surface area contributed by atoms with E-state index >= 15 is 0 Å². The number of para-hydroxylation sites is 2. The van der Waals surface area contributed by atoms with Crippen molar-refractivity contribution in [3.8, 4) is 5.75 Å². The summed E-state index contributed by atoms with van der Waals surface area (Å²) >= 11 is 0. The third-order valence-corrected chi connectivity index (χ3v) is 3.10. The van der Waals surface area contributed by atoms with Gasteiger partial charge >= 0.3 is 6.03 Å². The molecule has 2 N–H and O–H groups in total. The molecule has 0 spiro atoms. The van der Waals surface area contributed by atoms with Gasteiger partial charge in [-0.25, -0.2) is 4.79 Å². The van der Waals surface area contributed by atoms with E-state index < -0.39 is 0 Å². The molecule has 2 amide bonds. The first kappa shape index (κ1) is 13.9. The molecule has 0 aliphatic rings. The summed E-state index contributed by atoms with van der Waals surface area (Å²) in [4.78, 5) is 16.2. The molecule has 22 heavy (non-hydrogen) atoms. The van der Waals surface area contributed by atoms with E-state index in [1.807, 2.05) is 60.7 Å². The Morgan fingerprint density at radius 2 is 1.82 bits per heavy atom. The van der Waals surface area contributed by atoms with Crippen LogP contribution in [0.3, 0.4) is 0 Å². The van der Waals surface area contributed by atoms with E-state index in [4.69, 9.17) is 4.74 Å². The fourth-order valence-electron chi connectivity index (χ4n) is 2.07. The number of nitrogens with zero attached hydrogens (tertiary/aromatic N) is 1. The summed E-state index contributed by atoms with van der Waals surface area (Å²) in [6, 6.07) is 18.4.